The molecule has 0 saturated carbocycles. The molecule has 2 rings (SSSR count). The number of nitrogens with zero attached hydrogens (tertiary/aromatic N) is 1. The maximum absolute atomic E-state index is 11.0. The molecule has 0 saturated heterocycles. The second-order valence-corrected chi connectivity index (χ2v) is 4.59. The zero-order chi connectivity index (χ0) is 11.7. The first-order valence-corrected chi connectivity index (χ1v) is 5.95. The zero-order valence-corrected chi connectivity index (χ0v) is 10.0. The van der Waals surface area contributed by atoms with Crippen LogP contribution >= 0.6 is 11.3 Å². The van der Waals surface area contributed by atoms with E-state index in [1.807, 2.05) is 23.8 Å². The molecule has 3 nitrogen and oxygen atoms in total. The molecule has 4 heteroatoms. The molecule has 0 aliphatic heterocycles. The van der Waals surface area contributed by atoms with Crippen molar-refractivity contribution in [2.75, 3.05) is 0 Å². The Labute approximate surface area is 98.0 Å². The fourth-order valence-electron chi connectivity index (χ4n) is 1.83. The summed E-state index contributed by atoms with van der Waals surface area (Å²) in [5.41, 5.74) is 3.41. The summed E-state index contributed by atoms with van der Waals surface area (Å²) in [5, 5.41) is 13.1. The van der Waals surface area contributed by atoms with E-state index in [4.69, 9.17) is 5.11 Å². The van der Waals surface area contributed by atoms with Gasteiger partial charge in [-0.25, -0.2) is 4.79 Å². The van der Waals surface area contributed by atoms with E-state index in [0.717, 1.165) is 17.9 Å². The molecule has 0 spiro atoms. The number of carboxylic acid groups (broad SMARTS) is 1. The molecule has 84 valence electrons. The Morgan fingerprint density at radius 2 is 2.25 bits per heavy atom. The van der Waals surface area contributed by atoms with Crippen LogP contribution in [-0.2, 0) is 6.54 Å². The van der Waals surface area contributed by atoms with Crippen molar-refractivity contribution in [1.29, 1.82) is 0 Å². The van der Waals surface area contributed by atoms with Gasteiger partial charge in [-0.1, -0.05) is 0 Å². The predicted molar refractivity (Wildman–Crippen MR) is 64.3 cm³/mol. The van der Waals surface area contributed by atoms with Crippen LogP contribution in [0.5, 0.6) is 0 Å². The SMILES string of the molecule is Cc1cc(C(=O)O)c(C)n1Cc1ccsc1. The van der Waals surface area contributed by atoms with Crippen LogP contribution in [0, 0.1) is 13.8 Å². The van der Waals surface area contributed by atoms with Crippen molar-refractivity contribution >= 4 is 17.3 Å². The van der Waals surface area contributed by atoms with Crippen LogP contribution in [0.3, 0.4) is 0 Å². The van der Waals surface area contributed by atoms with Gasteiger partial charge in [-0.3, -0.25) is 0 Å². The lowest BCUT2D eigenvalue weighted by molar-refractivity contribution is 0.0696. The van der Waals surface area contributed by atoms with Crippen LogP contribution in [-0.4, -0.2) is 15.6 Å². The minimum atomic E-state index is -0.857. The van der Waals surface area contributed by atoms with Gasteiger partial charge in [-0.15, -0.1) is 0 Å². The Hall–Kier alpha value is -1.55. The maximum Gasteiger partial charge on any atom is 0.337 e. The van der Waals surface area contributed by atoms with E-state index < -0.39 is 5.97 Å². The van der Waals surface area contributed by atoms with Gasteiger partial charge in [0.25, 0.3) is 0 Å². The lowest BCUT2D eigenvalue weighted by Gasteiger charge is -2.07. The Bertz CT molecular complexity index is 511. The molecule has 2 heterocycles. The maximum atomic E-state index is 11.0. The lowest BCUT2D eigenvalue weighted by atomic mass is 10.2. The van der Waals surface area contributed by atoms with Crippen molar-refractivity contribution in [2.45, 2.75) is 20.4 Å². The van der Waals surface area contributed by atoms with Gasteiger partial charge in [0, 0.05) is 17.9 Å². The highest BCUT2D eigenvalue weighted by atomic mass is 32.1. The third-order valence-corrected chi connectivity index (χ3v) is 3.46. The van der Waals surface area contributed by atoms with Crippen molar-refractivity contribution in [3.05, 3.63) is 45.4 Å². The Morgan fingerprint density at radius 3 is 2.75 bits per heavy atom. The number of carboxylic acids is 1. The number of thiophene rings is 1. The molecule has 2 aromatic rings. The molecule has 0 radical (unpaired) electrons. The monoisotopic (exact) mass is 235 g/mol. The highest BCUT2D eigenvalue weighted by molar-refractivity contribution is 7.07. The van der Waals surface area contributed by atoms with E-state index in [0.29, 0.717) is 5.56 Å². The predicted octanol–water partition coefficient (Wildman–Crippen LogP) is 2.91. The summed E-state index contributed by atoms with van der Waals surface area (Å²) in [6, 6.07) is 3.79. The third kappa shape index (κ3) is 1.88. The average Bonchev–Trinajstić information content (AvgIpc) is 2.81. The van der Waals surface area contributed by atoms with Crippen molar-refractivity contribution in [1.82, 2.24) is 4.57 Å². The molecule has 0 aliphatic carbocycles. The van der Waals surface area contributed by atoms with E-state index in [-0.39, 0.29) is 0 Å². The summed E-state index contributed by atoms with van der Waals surface area (Å²) in [6.07, 6.45) is 0. The molecular formula is C12H13NO2S. The first-order valence-electron chi connectivity index (χ1n) is 5.00. The van der Waals surface area contributed by atoms with E-state index >= 15 is 0 Å². The molecule has 0 atom stereocenters. The lowest BCUT2D eigenvalue weighted by Crippen LogP contribution is -2.05. The molecule has 0 fully saturated rings. The Morgan fingerprint density at radius 1 is 1.50 bits per heavy atom. The minimum absolute atomic E-state index is 0.396. The van der Waals surface area contributed by atoms with E-state index in [9.17, 15) is 4.79 Å². The van der Waals surface area contributed by atoms with Crippen LogP contribution in [0.25, 0.3) is 0 Å². The van der Waals surface area contributed by atoms with Crippen LogP contribution in [0.15, 0.2) is 22.9 Å². The number of rotatable bonds is 3. The Kier molecular flexibility index (Phi) is 2.83. The van der Waals surface area contributed by atoms with Crippen molar-refractivity contribution in [3.8, 4) is 0 Å². The fraction of sp³-hybridized carbons (Fsp3) is 0.250. The second kappa shape index (κ2) is 4.14. The number of carbonyl (C=O) groups is 1. The number of hydrogen-bond acceptors (Lipinski definition) is 2. The first-order chi connectivity index (χ1) is 7.59. The molecule has 1 N–H and O–H groups in total. The molecule has 0 amide bonds. The van der Waals surface area contributed by atoms with Gasteiger partial charge in [-0.05, 0) is 42.3 Å². The van der Waals surface area contributed by atoms with Gasteiger partial charge >= 0.3 is 5.97 Å². The van der Waals surface area contributed by atoms with Crippen molar-refractivity contribution < 1.29 is 9.90 Å². The Balaban J connectivity index is 2.38. The fourth-order valence-corrected chi connectivity index (χ4v) is 2.49. The number of hydrogen-bond donors (Lipinski definition) is 1. The molecule has 0 aliphatic rings. The standard InChI is InChI=1S/C12H13NO2S/c1-8-5-11(12(14)15)9(2)13(8)6-10-3-4-16-7-10/h3-5,7H,6H2,1-2H3,(H,14,15). The van der Waals surface area contributed by atoms with Gasteiger partial charge < -0.3 is 9.67 Å². The number of aromatic nitrogens is 1. The molecule has 0 aromatic carbocycles. The smallest absolute Gasteiger partial charge is 0.337 e. The highest BCUT2D eigenvalue weighted by Gasteiger charge is 2.14. The molecular weight excluding hydrogens is 222 g/mol. The summed E-state index contributed by atoms with van der Waals surface area (Å²) >= 11 is 1.65. The molecule has 0 unspecified atom stereocenters. The second-order valence-electron chi connectivity index (χ2n) is 3.81. The quantitative estimate of drug-likeness (QED) is 0.888. The highest BCUT2D eigenvalue weighted by Crippen LogP contribution is 2.18. The van der Waals surface area contributed by atoms with Gasteiger partial charge in [0.05, 0.1) is 5.56 Å². The van der Waals surface area contributed by atoms with Crippen LogP contribution < -0.4 is 0 Å². The number of aromatic carboxylic acids is 1. The van der Waals surface area contributed by atoms with Gasteiger partial charge in [0.15, 0.2) is 0 Å². The topological polar surface area (TPSA) is 42.2 Å². The summed E-state index contributed by atoms with van der Waals surface area (Å²) in [7, 11) is 0. The van der Waals surface area contributed by atoms with E-state index in [1.165, 1.54) is 5.56 Å². The zero-order valence-electron chi connectivity index (χ0n) is 9.23. The van der Waals surface area contributed by atoms with Crippen molar-refractivity contribution in [2.24, 2.45) is 0 Å². The average molecular weight is 235 g/mol. The van der Waals surface area contributed by atoms with Gasteiger partial charge in [0.1, 0.15) is 0 Å². The minimum Gasteiger partial charge on any atom is -0.478 e. The summed E-state index contributed by atoms with van der Waals surface area (Å²) in [6.45, 7) is 4.53. The van der Waals surface area contributed by atoms with Crippen LogP contribution in [0.1, 0.15) is 27.3 Å². The normalized spacial score (nSPS) is 10.6. The molecule has 16 heavy (non-hydrogen) atoms. The third-order valence-electron chi connectivity index (χ3n) is 2.72. The number of aryl methyl sites for hydroxylation is 1. The van der Waals surface area contributed by atoms with E-state index in [2.05, 4.69) is 11.4 Å². The summed E-state index contributed by atoms with van der Waals surface area (Å²) in [5.74, 6) is -0.857. The first kappa shape index (κ1) is 11.0. The molecule has 0 bridgehead atoms. The largest absolute Gasteiger partial charge is 0.478 e. The van der Waals surface area contributed by atoms with Gasteiger partial charge in [-0.2, -0.15) is 11.3 Å². The molecule has 2 aromatic heterocycles. The summed E-state index contributed by atoms with van der Waals surface area (Å²) in [4.78, 5) is 11.0. The summed E-state index contributed by atoms with van der Waals surface area (Å²) < 4.78 is 2.03. The van der Waals surface area contributed by atoms with Crippen molar-refractivity contribution in [3.63, 3.8) is 0 Å². The van der Waals surface area contributed by atoms with E-state index in [1.54, 1.807) is 17.4 Å². The van der Waals surface area contributed by atoms with Crippen LogP contribution in [0.4, 0.5) is 0 Å². The van der Waals surface area contributed by atoms with Gasteiger partial charge in [0.2, 0.25) is 0 Å². The van der Waals surface area contributed by atoms with Crippen LogP contribution in [0.2, 0.25) is 0 Å².